The molecule has 0 bridgehead atoms. The van der Waals surface area contributed by atoms with Crippen LogP contribution in [0.5, 0.6) is 0 Å². The van der Waals surface area contributed by atoms with Gasteiger partial charge in [-0.2, -0.15) is 0 Å². The van der Waals surface area contributed by atoms with Crippen molar-refractivity contribution in [2.24, 2.45) is 0 Å². The predicted molar refractivity (Wildman–Crippen MR) is 114 cm³/mol. The molecule has 1 fully saturated rings. The number of hydrogen-bond acceptors (Lipinski definition) is 3. The van der Waals surface area contributed by atoms with Gasteiger partial charge in [0.1, 0.15) is 5.82 Å². The smallest absolute Gasteiger partial charge is 0.251 e. The summed E-state index contributed by atoms with van der Waals surface area (Å²) in [5.41, 5.74) is 3.13. The van der Waals surface area contributed by atoms with E-state index >= 15 is 0 Å². The third kappa shape index (κ3) is 4.81. The van der Waals surface area contributed by atoms with E-state index in [1.807, 2.05) is 0 Å². The van der Waals surface area contributed by atoms with Crippen LogP contribution in [0.4, 0.5) is 4.39 Å². The maximum absolute atomic E-state index is 13.0. The molecule has 1 aliphatic carbocycles. The molecule has 2 aromatic rings. The van der Waals surface area contributed by atoms with Crippen molar-refractivity contribution in [2.75, 3.05) is 39.3 Å². The molecule has 0 radical (unpaired) electrons. The molecular formula is C24H26FN3O. The van der Waals surface area contributed by atoms with Crippen molar-refractivity contribution in [1.29, 1.82) is 0 Å². The first-order valence-corrected chi connectivity index (χ1v) is 10.1. The van der Waals surface area contributed by atoms with Crippen LogP contribution in [0.15, 0.2) is 66.8 Å². The van der Waals surface area contributed by atoms with Gasteiger partial charge in [-0.3, -0.25) is 14.6 Å². The zero-order chi connectivity index (χ0) is 20.1. The minimum atomic E-state index is -0.332. The van der Waals surface area contributed by atoms with E-state index in [4.69, 9.17) is 0 Å². The molecule has 1 heterocycles. The third-order valence-corrected chi connectivity index (χ3v) is 5.62. The highest BCUT2D eigenvalue weighted by Gasteiger charge is 2.24. The monoisotopic (exact) mass is 391 g/mol. The molecular weight excluding hydrogens is 365 g/mol. The molecule has 150 valence electrons. The Morgan fingerprint density at radius 3 is 2.55 bits per heavy atom. The molecule has 29 heavy (non-hydrogen) atoms. The molecule has 2 aromatic carbocycles. The Labute approximate surface area is 171 Å². The maximum atomic E-state index is 13.0. The summed E-state index contributed by atoms with van der Waals surface area (Å²) in [6, 6.07) is 14.5. The molecule has 0 saturated carbocycles. The summed E-state index contributed by atoms with van der Waals surface area (Å²) in [6.07, 6.45) is 8.70. The molecule has 1 unspecified atom stereocenters. The van der Waals surface area contributed by atoms with Gasteiger partial charge >= 0.3 is 0 Å². The van der Waals surface area contributed by atoms with Crippen LogP contribution in [-0.4, -0.2) is 55.0 Å². The number of allylic oxidation sites excluding steroid dienone is 2. The lowest BCUT2D eigenvalue weighted by Crippen LogP contribution is -2.49. The van der Waals surface area contributed by atoms with Crippen LogP contribution in [0, 0.1) is 5.82 Å². The van der Waals surface area contributed by atoms with Crippen LogP contribution < -0.4 is 5.32 Å². The van der Waals surface area contributed by atoms with Gasteiger partial charge in [-0.15, -0.1) is 0 Å². The second-order valence-electron chi connectivity index (χ2n) is 7.46. The van der Waals surface area contributed by atoms with Gasteiger partial charge in [0.2, 0.25) is 0 Å². The summed E-state index contributed by atoms with van der Waals surface area (Å²) < 4.78 is 13.0. The fourth-order valence-electron chi connectivity index (χ4n) is 3.98. The Bertz CT molecular complexity index is 899. The van der Waals surface area contributed by atoms with E-state index in [1.54, 1.807) is 0 Å². The van der Waals surface area contributed by atoms with Gasteiger partial charge in [-0.05, 0) is 35.4 Å². The number of halogens is 1. The summed E-state index contributed by atoms with van der Waals surface area (Å²) in [7, 11) is 0. The number of benzene rings is 2. The van der Waals surface area contributed by atoms with Crippen molar-refractivity contribution in [2.45, 2.75) is 6.04 Å². The van der Waals surface area contributed by atoms with E-state index in [9.17, 15) is 9.18 Å². The SMILES string of the molecule is O=C(NCCN1CCN(C2C=CC=Cc3ccccc32)CC1)c1ccc(F)cc1. The lowest BCUT2D eigenvalue weighted by Gasteiger charge is -2.38. The van der Waals surface area contributed by atoms with E-state index < -0.39 is 0 Å². The number of carbonyl (C=O) groups excluding carboxylic acids is 1. The number of amides is 1. The Hall–Kier alpha value is -2.76. The van der Waals surface area contributed by atoms with E-state index in [-0.39, 0.29) is 11.7 Å². The highest BCUT2D eigenvalue weighted by Crippen LogP contribution is 2.29. The topological polar surface area (TPSA) is 35.6 Å². The minimum absolute atomic E-state index is 0.156. The first kappa shape index (κ1) is 19.6. The molecule has 4 nitrogen and oxygen atoms in total. The molecule has 1 saturated heterocycles. The van der Waals surface area contributed by atoms with Gasteiger partial charge in [-0.1, -0.05) is 48.6 Å². The number of fused-ring (bicyclic) bond motifs is 1. The van der Waals surface area contributed by atoms with Crippen molar-refractivity contribution in [1.82, 2.24) is 15.1 Å². The second-order valence-corrected chi connectivity index (χ2v) is 7.46. The molecule has 1 atom stereocenters. The summed E-state index contributed by atoms with van der Waals surface area (Å²) >= 11 is 0. The van der Waals surface area contributed by atoms with Crippen molar-refractivity contribution >= 4 is 12.0 Å². The average molecular weight is 391 g/mol. The maximum Gasteiger partial charge on any atom is 0.251 e. The molecule has 0 spiro atoms. The van der Waals surface area contributed by atoms with Crippen LogP contribution in [-0.2, 0) is 0 Å². The number of hydrogen-bond donors (Lipinski definition) is 1. The minimum Gasteiger partial charge on any atom is -0.351 e. The number of piperazine rings is 1. The normalized spacial score (nSPS) is 19.6. The van der Waals surface area contributed by atoms with Gasteiger partial charge < -0.3 is 5.32 Å². The number of carbonyl (C=O) groups is 1. The van der Waals surface area contributed by atoms with Gasteiger partial charge in [-0.25, -0.2) is 4.39 Å². The van der Waals surface area contributed by atoms with Crippen molar-refractivity contribution < 1.29 is 9.18 Å². The first-order valence-electron chi connectivity index (χ1n) is 10.1. The Balaban J connectivity index is 1.26. The Morgan fingerprint density at radius 1 is 1.00 bits per heavy atom. The van der Waals surface area contributed by atoms with Crippen LogP contribution in [0.3, 0.4) is 0 Å². The molecule has 1 aliphatic heterocycles. The molecule has 1 amide bonds. The van der Waals surface area contributed by atoms with Gasteiger partial charge in [0.05, 0.1) is 6.04 Å². The van der Waals surface area contributed by atoms with E-state index in [0.29, 0.717) is 18.2 Å². The molecule has 5 heteroatoms. The largest absolute Gasteiger partial charge is 0.351 e. The van der Waals surface area contributed by atoms with Gasteiger partial charge in [0.25, 0.3) is 5.91 Å². The quantitative estimate of drug-likeness (QED) is 0.847. The van der Waals surface area contributed by atoms with E-state index in [0.717, 1.165) is 32.7 Å². The number of nitrogens with zero attached hydrogens (tertiary/aromatic N) is 2. The zero-order valence-electron chi connectivity index (χ0n) is 16.4. The summed E-state index contributed by atoms with van der Waals surface area (Å²) in [6.45, 7) is 5.36. The van der Waals surface area contributed by atoms with Crippen molar-refractivity contribution in [3.8, 4) is 0 Å². The van der Waals surface area contributed by atoms with Gasteiger partial charge in [0, 0.05) is 44.8 Å². The Morgan fingerprint density at radius 2 is 1.76 bits per heavy atom. The van der Waals surface area contributed by atoms with E-state index in [2.05, 4.69) is 63.7 Å². The average Bonchev–Trinajstić information content (AvgIpc) is 2.97. The Kier molecular flexibility index (Phi) is 6.17. The van der Waals surface area contributed by atoms with Crippen LogP contribution in [0.25, 0.3) is 6.08 Å². The van der Waals surface area contributed by atoms with Crippen molar-refractivity contribution in [3.05, 3.63) is 89.3 Å². The van der Waals surface area contributed by atoms with Crippen LogP contribution in [0.2, 0.25) is 0 Å². The number of nitrogens with one attached hydrogen (secondary N) is 1. The van der Waals surface area contributed by atoms with Crippen molar-refractivity contribution in [3.63, 3.8) is 0 Å². The molecule has 0 aromatic heterocycles. The zero-order valence-corrected chi connectivity index (χ0v) is 16.4. The highest BCUT2D eigenvalue weighted by atomic mass is 19.1. The molecule has 1 N–H and O–H groups in total. The standard InChI is InChI=1S/C24H26FN3O/c25-21-11-9-20(10-12-21)24(29)26-13-14-27-15-17-28(18-16-27)23-8-4-2-6-19-5-1-3-7-22(19)23/h1-12,23H,13-18H2,(H,26,29). The predicted octanol–water partition coefficient (Wildman–Crippen LogP) is 3.50. The second kappa shape index (κ2) is 9.16. The van der Waals surface area contributed by atoms with E-state index in [1.165, 1.54) is 35.4 Å². The lowest BCUT2D eigenvalue weighted by molar-refractivity contribution is 0.0924. The van der Waals surface area contributed by atoms with Gasteiger partial charge in [0.15, 0.2) is 0 Å². The third-order valence-electron chi connectivity index (χ3n) is 5.62. The lowest BCUT2D eigenvalue weighted by atomic mass is 9.99. The number of rotatable bonds is 5. The first-order chi connectivity index (χ1) is 14.2. The fourth-order valence-corrected chi connectivity index (χ4v) is 3.98. The fraction of sp³-hybridized carbons (Fsp3) is 0.292. The summed E-state index contributed by atoms with van der Waals surface area (Å²) in [4.78, 5) is 17.0. The molecule has 2 aliphatic rings. The van der Waals surface area contributed by atoms with Crippen LogP contribution in [0.1, 0.15) is 27.5 Å². The summed E-state index contributed by atoms with van der Waals surface area (Å²) in [5, 5.41) is 2.93. The summed E-state index contributed by atoms with van der Waals surface area (Å²) in [5.74, 6) is -0.488. The molecule has 4 rings (SSSR count). The van der Waals surface area contributed by atoms with Crippen LogP contribution >= 0.6 is 0 Å². The highest BCUT2D eigenvalue weighted by molar-refractivity contribution is 5.94.